The molecule has 0 radical (unpaired) electrons. The zero-order valence-electron chi connectivity index (χ0n) is 12.6. The van der Waals surface area contributed by atoms with Crippen LogP contribution in [0.2, 0.25) is 0 Å². The summed E-state index contributed by atoms with van der Waals surface area (Å²) in [5.41, 5.74) is 12.3. The maximum Gasteiger partial charge on any atom is 0.170 e. The molecule has 0 aliphatic carbocycles. The normalized spacial score (nSPS) is 11.5. The van der Waals surface area contributed by atoms with E-state index in [0.29, 0.717) is 0 Å². The van der Waals surface area contributed by atoms with E-state index in [1.807, 2.05) is 25.1 Å². The third kappa shape index (κ3) is 3.54. The lowest BCUT2D eigenvalue weighted by molar-refractivity contribution is 0.318. The molecule has 4 nitrogen and oxygen atoms in total. The molecule has 4 N–H and O–H groups in total. The van der Waals surface area contributed by atoms with Crippen LogP contribution in [0, 0.1) is 20.8 Å². The van der Waals surface area contributed by atoms with Crippen molar-refractivity contribution in [3.63, 3.8) is 0 Å². The lowest BCUT2D eigenvalue weighted by Gasteiger charge is -2.13. The summed E-state index contributed by atoms with van der Waals surface area (Å²) in [6, 6.07) is 12.2. The van der Waals surface area contributed by atoms with Gasteiger partial charge in [0.2, 0.25) is 0 Å². The zero-order valence-corrected chi connectivity index (χ0v) is 12.6. The van der Waals surface area contributed by atoms with Crippen LogP contribution in [0.4, 0.5) is 5.69 Å². The van der Waals surface area contributed by atoms with E-state index in [1.54, 1.807) is 0 Å². The zero-order chi connectivity index (χ0) is 15.4. The maximum absolute atomic E-state index is 8.70. The molecule has 0 unspecified atom stereocenters. The largest absolute Gasteiger partial charge is 0.409 e. The smallest absolute Gasteiger partial charge is 0.170 e. The molecule has 0 bridgehead atoms. The van der Waals surface area contributed by atoms with Crippen molar-refractivity contribution in [1.29, 1.82) is 0 Å². The van der Waals surface area contributed by atoms with E-state index in [2.05, 4.69) is 42.5 Å². The Morgan fingerprint density at radius 1 is 1.10 bits per heavy atom. The second-order valence-electron chi connectivity index (χ2n) is 5.30. The van der Waals surface area contributed by atoms with Gasteiger partial charge in [0.05, 0.1) is 0 Å². The molecule has 0 aliphatic rings. The Hall–Kier alpha value is -2.49. The molecule has 2 aromatic carbocycles. The van der Waals surface area contributed by atoms with Crippen LogP contribution < -0.4 is 11.1 Å². The highest BCUT2D eigenvalue weighted by Gasteiger charge is 2.04. The lowest BCUT2D eigenvalue weighted by atomic mass is 10.0. The van der Waals surface area contributed by atoms with Crippen molar-refractivity contribution in [1.82, 2.24) is 0 Å². The predicted octanol–water partition coefficient (Wildman–Crippen LogP) is 3.32. The Morgan fingerprint density at radius 3 is 2.48 bits per heavy atom. The average molecular weight is 283 g/mol. The number of nitrogens with two attached hydrogens (primary N) is 1. The van der Waals surface area contributed by atoms with Crippen molar-refractivity contribution in [2.24, 2.45) is 10.9 Å². The quantitative estimate of drug-likeness (QED) is 0.349. The van der Waals surface area contributed by atoms with Crippen LogP contribution in [0.25, 0.3) is 0 Å². The van der Waals surface area contributed by atoms with E-state index in [-0.39, 0.29) is 5.84 Å². The number of amidine groups is 1. The molecule has 110 valence electrons. The topological polar surface area (TPSA) is 70.6 Å². The Morgan fingerprint density at radius 2 is 1.86 bits per heavy atom. The number of oxime groups is 1. The van der Waals surface area contributed by atoms with Gasteiger partial charge >= 0.3 is 0 Å². The number of anilines is 1. The first-order valence-electron chi connectivity index (χ1n) is 6.90. The minimum Gasteiger partial charge on any atom is -0.409 e. The molecule has 0 saturated heterocycles. The monoisotopic (exact) mass is 283 g/mol. The molecule has 0 fully saturated rings. The number of nitrogens with one attached hydrogen (secondary N) is 1. The SMILES string of the molecule is Cc1ccc(NCc2ccc(/C(N)=N/O)cc2C)c(C)c1. The van der Waals surface area contributed by atoms with Crippen LogP contribution in [0.1, 0.15) is 27.8 Å². The Labute approximate surface area is 125 Å². The van der Waals surface area contributed by atoms with Crippen LogP contribution in [-0.4, -0.2) is 11.0 Å². The molecule has 4 heteroatoms. The summed E-state index contributed by atoms with van der Waals surface area (Å²) in [5, 5.41) is 15.2. The van der Waals surface area contributed by atoms with Crippen molar-refractivity contribution in [3.05, 3.63) is 64.2 Å². The highest BCUT2D eigenvalue weighted by Crippen LogP contribution is 2.18. The van der Waals surface area contributed by atoms with Crippen LogP contribution in [0.5, 0.6) is 0 Å². The summed E-state index contributed by atoms with van der Waals surface area (Å²) in [6.45, 7) is 6.95. The Balaban J connectivity index is 2.13. The van der Waals surface area contributed by atoms with E-state index in [1.165, 1.54) is 16.7 Å². The van der Waals surface area contributed by atoms with Gasteiger partial charge in [-0.2, -0.15) is 0 Å². The number of rotatable bonds is 4. The molecule has 21 heavy (non-hydrogen) atoms. The molecule has 0 spiro atoms. The second kappa shape index (κ2) is 6.31. The van der Waals surface area contributed by atoms with Gasteiger partial charge in [-0.15, -0.1) is 0 Å². The van der Waals surface area contributed by atoms with E-state index in [0.717, 1.165) is 23.4 Å². The van der Waals surface area contributed by atoms with Gasteiger partial charge < -0.3 is 16.3 Å². The number of hydrogen-bond donors (Lipinski definition) is 3. The Kier molecular flexibility index (Phi) is 4.48. The van der Waals surface area contributed by atoms with Crippen LogP contribution >= 0.6 is 0 Å². The van der Waals surface area contributed by atoms with Gasteiger partial charge in [-0.3, -0.25) is 0 Å². The molecule has 0 saturated carbocycles. The van der Waals surface area contributed by atoms with E-state index < -0.39 is 0 Å². The van der Waals surface area contributed by atoms with Crippen LogP contribution in [0.3, 0.4) is 0 Å². The van der Waals surface area contributed by atoms with Crippen molar-refractivity contribution < 1.29 is 5.21 Å². The first kappa shape index (κ1) is 14.9. The summed E-state index contributed by atoms with van der Waals surface area (Å²) >= 11 is 0. The van der Waals surface area contributed by atoms with Gasteiger partial charge in [0.1, 0.15) is 0 Å². The fraction of sp³-hybridized carbons (Fsp3) is 0.235. The number of benzene rings is 2. The van der Waals surface area contributed by atoms with Crippen molar-refractivity contribution >= 4 is 11.5 Å². The first-order valence-corrected chi connectivity index (χ1v) is 6.90. The molecule has 0 aromatic heterocycles. The minimum absolute atomic E-state index is 0.131. The average Bonchev–Trinajstić information content (AvgIpc) is 2.46. The van der Waals surface area contributed by atoms with Crippen LogP contribution in [0.15, 0.2) is 41.6 Å². The number of hydrogen-bond acceptors (Lipinski definition) is 3. The van der Waals surface area contributed by atoms with Gasteiger partial charge in [-0.05, 0) is 49.6 Å². The molecule has 2 aromatic rings. The van der Waals surface area contributed by atoms with Crippen molar-refractivity contribution in [2.75, 3.05) is 5.32 Å². The summed E-state index contributed by atoms with van der Waals surface area (Å²) in [7, 11) is 0. The molecule has 2 rings (SSSR count). The standard InChI is InChI=1S/C17H21N3O/c1-11-4-7-16(13(3)8-11)19-10-15-6-5-14(9-12(15)2)17(18)20-21/h4-9,19,21H,10H2,1-3H3,(H2,18,20). The molecule has 0 heterocycles. The minimum atomic E-state index is 0.131. The summed E-state index contributed by atoms with van der Waals surface area (Å²) in [6.07, 6.45) is 0. The summed E-state index contributed by atoms with van der Waals surface area (Å²) < 4.78 is 0. The third-order valence-corrected chi connectivity index (χ3v) is 3.60. The van der Waals surface area contributed by atoms with E-state index in [9.17, 15) is 0 Å². The molecular formula is C17H21N3O. The van der Waals surface area contributed by atoms with Gasteiger partial charge in [0, 0.05) is 17.8 Å². The third-order valence-electron chi connectivity index (χ3n) is 3.60. The molecule has 0 atom stereocenters. The van der Waals surface area contributed by atoms with Gasteiger partial charge in [-0.1, -0.05) is 35.0 Å². The second-order valence-corrected chi connectivity index (χ2v) is 5.30. The number of aryl methyl sites for hydroxylation is 3. The molecule has 0 aliphatic heterocycles. The summed E-state index contributed by atoms with van der Waals surface area (Å²) in [5.74, 6) is 0.131. The van der Waals surface area contributed by atoms with Gasteiger partial charge in [0.25, 0.3) is 0 Å². The first-order chi connectivity index (χ1) is 10.0. The molecular weight excluding hydrogens is 262 g/mol. The van der Waals surface area contributed by atoms with Gasteiger partial charge in [-0.25, -0.2) is 0 Å². The fourth-order valence-electron chi connectivity index (χ4n) is 2.31. The van der Waals surface area contributed by atoms with Gasteiger partial charge in [0.15, 0.2) is 5.84 Å². The Bertz CT molecular complexity index is 678. The fourth-order valence-corrected chi connectivity index (χ4v) is 2.31. The van der Waals surface area contributed by atoms with Crippen molar-refractivity contribution in [2.45, 2.75) is 27.3 Å². The highest BCUT2D eigenvalue weighted by atomic mass is 16.4. The van der Waals surface area contributed by atoms with Crippen molar-refractivity contribution in [3.8, 4) is 0 Å². The molecule has 0 amide bonds. The predicted molar refractivity (Wildman–Crippen MR) is 86.9 cm³/mol. The highest BCUT2D eigenvalue weighted by molar-refractivity contribution is 5.97. The number of nitrogens with zero attached hydrogens (tertiary/aromatic N) is 1. The van der Waals surface area contributed by atoms with Crippen LogP contribution in [-0.2, 0) is 6.54 Å². The summed E-state index contributed by atoms with van der Waals surface area (Å²) in [4.78, 5) is 0. The van der Waals surface area contributed by atoms with E-state index in [4.69, 9.17) is 10.9 Å². The maximum atomic E-state index is 8.70. The lowest BCUT2D eigenvalue weighted by Crippen LogP contribution is -2.13. The van der Waals surface area contributed by atoms with E-state index >= 15 is 0 Å².